The van der Waals surface area contributed by atoms with Gasteiger partial charge in [-0.25, -0.2) is 24.0 Å². The summed E-state index contributed by atoms with van der Waals surface area (Å²) >= 11 is 0. The molecule has 133 heavy (non-hydrogen) atoms. The molecular weight excluding hydrogens is 1720 g/mol. The van der Waals surface area contributed by atoms with E-state index in [0.717, 1.165) is 25.3 Å². The smallest absolute Gasteiger partial charge is 0.338 e. The highest BCUT2D eigenvalue weighted by molar-refractivity contribution is 5.90. The molecule has 5 heterocycles. The fourth-order valence-corrected chi connectivity index (χ4v) is 16.5. The van der Waals surface area contributed by atoms with Crippen LogP contribution in [0.25, 0.3) is 31.3 Å². The molecule has 10 unspecified atom stereocenters. The van der Waals surface area contributed by atoms with Crippen molar-refractivity contribution in [2.24, 2.45) is 21.3 Å². The number of nitrogens with zero attached hydrogens (tertiary/aromatic N) is 9. The minimum Gasteiger partial charge on any atom is -0.467 e. The van der Waals surface area contributed by atoms with Crippen molar-refractivity contribution in [2.75, 3.05) is 34.5 Å². The molecule has 35 nitrogen and oxygen atoms in total. The summed E-state index contributed by atoms with van der Waals surface area (Å²) in [5.41, 5.74) is 36.4. The molecule has 5 fully saturated rings. The molecule has 0 aliphatic carbocycles. The first kappa shape index (κ1) is 96.7. The van der Waals surface area contributed by atoms with E-state index in [-0.39, 0.29) is 62.8 Å². The molecule has 9 aromatic rings. The minimum atomic E-state index is -1.98. The lowest BCUT2D eigenvalue weighted by Crippen LogP contribution is -2.68. The lowest BCUT2D eigenvalue weighted by Gasteiger charge is -2.51. The molecule has 35 heteroatoms. The van der Waals surface area contributed by atoms with Crippen LogP contribution < -0.4 is 0 Å². The topological polar surface area (TPSA) is 425 Å². The first-order valence-corrected chi connectivity index (χ1v) is 43.5. The fourth-order valence-electron chi connectivity index (χ4n) is 16.5. The number of hydrogen-bond donors (Lipinski definition) is 0. The maximum atomic E-state index is 15.2. The molecular formula is C98H103N9O26. The van der Waals surface area contributed by atoms with Crippen molar-refractivity contribution in [1.29, 1.82) is 0 Å². The molecule has 0 saturated carbocycles. The number of methoxy groups -OCH3 is 3. The quantitative estimate of drug-likeness (QED) is 0.0113. The van der Waals surface area contributed by atoms with Gasteiger partial charge in [0.2, 0.25) is 0 Å². The summed E-state index contributed by atoms with van der Waals surface area (Å²) in [7, 11) is 3.55. The summed E-state index contributed by atoms with van der Waals surface area (Å²) in [4.78, 5) is 83.4. The summed E-state index contributed by atoms with van der Waals surface area (Å²) in [6.07, 6.45) is -32.9. The van der Waals surface area contributed by atoms with Crippen LogP contribution in [0.1, 0.15) is 84.7 Å². The predicted octanol–water partition coefficient (Wildman–Crippen LogP) is 14.7. The summed E-state index contributed by atoms with van der Waals surface area (Å²) < 4.78 is 141. The number of hydrogen-bond acceptors (Lipinski definition) is 29. The van der Waals surface area contributed by atoms with E-state index in [1.807, 2.05) is 127 Å². The molecule has 14 rings (SSSR count). The van der Waals surface area contributed by atoms with E-state index in [1.54, 1.807) is 147 Å². The Morgan fingerprint density at radius 3 is 0.985 bits per heavy atom. The van der Waals surface area contributed by atoms with Gasteiger partial charge >= 0.3 is 29.8 Å². The molecule has 0 aromatic heterocycles. The van der Waals surface area contributed by atoms with Gasteiger partial charge in [-0.1, -0.05) is 266 Å². The van der Waals surface area contributed by atoms with Crippen molar-refractivity contribution in [2.45, 2.75) is 207 Å². The lowest BCUT2D eigenvalue weighted by atomic mass is 9.87. The van der Waals surface area contributed by atoms with Crippen molar-refractivity contribution in [1.82, 2.24) is 0 Å². The summed E-state index contributed by atoms with van der Waals surface area (Å²) in [5.74, 6) is -5.61. The van der Waals surface area contributed by atoms with Gasteiger partial charge in [-0.15, -0.1) is 0 Å². The van der Waals surface area contributed by atoms with Crippen LogP contribution in [0.15, 0.2) is 288 Å². The summed E-state index contributed by atoms with van der Waals surface area (Å²) in [6, 6.07) is 74.5. The molecule has 0 bridgehead atoms. The monoisotopic (exact) mass is 1820 g/mol. The predicted molar refractivity (Wildman–Crippen MR) is 471 cm³/mol. The lowest BCUT2D eigenvalue weighted by molar-refractivity contribution is -0.378. The van der Waals surface area contributed by atoms with Gasteiger partial charge in [0.05, 0.1) is 88.8 Å². The van der Waals surface area contributed by atoms with Crippen molar-refractivity contribution in [3.05, 3.63) is 354 Å². The Kier molecular flexibility index (Phi) is 35.5. The van der Waals surface area contributed by atoms with Gasteiger partial charge in [-0.2, -0.15) is 0 Å². The van der Waals surface area contributed by atoms with E-state index in [2.05, 4.69) is 30.1 Å². The Morgan fingerprint density at radius 2 is 0.602 bits per heavy atom. The summed E-state index contributed by atoms with van der Waals surface area (Å²) in [5, 5.41) is 12.8. The van der Waals surface area contributed by atoms with E-state index in [9.17, 15) is 26.2 Å². The van der Waals surface area contributed by atoms with Gasteiger partial charge in [0.25, 0.3) is 0 Å². The molecule has 25 atom stereocenters. The summed E-state index contributed by atoms with van der Waals surface area (Å²) in [6.45, 7) is 1.55. The van der Waals surface area contributed by atoms with Gasteiger partial charge in [-0.05, 0) is 98.7 Å². The zero-order chi connectivity index (χ0) is 92.8. The average Bonchev–Trinajstić information content (AvgIpc) is 0.754. The van der Waals surface area contributed by atoms with Crippen LogP contribution in [-0.2, 0) is 149 Å². The van der Waals surface area contributed by atoms with Crippen LogP contribution in [0.2, 0.25) is 0 Å². The SMILES string of the molecule is CCC1O[C@H](O[C@H]2C(C(=O)OC)O[C@@H](O[C@@H]3C(COC(=O)c4ccccc4)O[C@H](OC)[C@@H](N=[N+]=[N-])C3OCc3ccccc3)C(OC(=O)c3ccccc3)[C@@H]2OCc2ccccc2)[C@@H](N=[N+]=[N-])C(C)[C@@H]1O[C@@H]1OC(C(=O)OC)[C@@H](O[C@H]2OC(COC(=O)c3ccccc3)[C@H](OCc3ccccc3)[C@@H](OCc3ccccc3)C2N=[N+]=[N-])[C@@H](OCc2ccccc2)C1OCc1ccccc1. The Bertz CT molecular complexity index is 5310. The van der Waals surface area contributed by atoms with Gasteiger partial charge in [-0.3, -0.25) is 0 Å². The number of ether oxygens (including phenoxy) is 21. The molecule has 5 saturated heterocycles. The second-order valence-corrected chi connectivity index (χ2v) is 31.7. The van der Waals surface area contributed by atoms with Crippen LogP contribution in [-0.4, -0.2) is 212 Å². The van der Waals surface area contributed by atoms with E-state index < -0.39 is 196 Å². The first-order chi connectivity index (χ1) is 65.2. The number of esters is 5. The van der Waals surface area contributed by atoms with Gasteiger partial charge in [0.15, 0.2) is 49.8 Å². The molecule has 9 aromatic carbocycles. The third-order valence-electron chi connectivity index (χ3n) is 23.2. The molecule has 5 aliphatic heterocycles. The second-order valence-electron chi connectivity index (χ2n) is 31.7. The van der Waals surface area contributed by atoms with Crippen molar-refractivity contribution < 1.29 is 123 Å². The van der Waals surface area contributed by atoms with Gasteiger partial charge < -0.3 is 99.5 Å². The third kappa shape index (κ3) is 25.1. The van der Waals surface area contributed by atoms with Crippen molar-refractivity contribution in [3.63, 3.8) is 0 Å². The molecule has 0 spiro atoms. The highest BCUT2D eigenvalue weighted by Gasteiger charge is 2.61. The molecule has 5 aliphatic rings. The zero-order valence-corrected chi connectivity index (χ0v) is 73.4. The highest BCUT2D eigenvalue weighted by atomic mass is 16.8. The van der Waals surface area contributed by atoms with E-state index in [1.165, 1.54) is 19.2 Å². The van der Waals surface area contributed by atoms with E-state index in [4.69, 9.17) is 99.5 Å². The van der Waals surface area contributed by atoms with E-state index >= 15 is 14.4 Å². The second kappa shape index (κ2) is 48.9. The Labute approximate surface area is 767 Å². The molecule has 0 radical (unpaired) electrons. The Morgan fingerprint density at radius 1 is 0.308 bits per heavy atom. The van der Waals surface area contributed by atoms with Crippen molar-refractivity contribution in [3.8, 4) is 0 Å². The largest absolute Gasteiger partial charge is 0.467 e. The van der Waals surface area contributed by atoms with Gasteiger partial charge in [0.1, 0.15) is 92.4 Å². The first-order valence-electron chi connectivity index (χ1n) is 43.5. The normalized spacial score (nSPS) is 28.4. The Balaban J connectivity index is 0.834. The number of carbonyl (C=O) groups excluding carboxylic acids is 5. The standard InChI is InChI=1S/C98H103N9O26/c1-6-70-76(128-97-87(121-57-66-44-26-12-27-45-66)81(119-55-64-40-22-10-23-41-64)83(85(132-97)92(111)113-3)131-96-75(104-107-101)79(117-53-62-36-18-8-19-37-62)77(116-52-61-34-16-7-17-35-61)71(126-96)58-122-89(108)67-46-28-13-29-47-67)60(2)73(102-105-99)95(124-70)130-84-82(120-56-65-42-24-11-25-43-65)88(127-91(110)69-50-32-15-33-51-69)98(133-86(84)93(112)114-4)129-78-72(59-123-90(109)68-48-30-14-31-49-68)125-94(115-5)74(103-106-100)80(78)118-54-63-38-20-9-21-39-63/h7-51,60,70-88,94-98H,6,52-59H2,1-5H3/t60?,70?,71?,72?,73-,74-,75?,76-,77-,78+,79-,80?,81+,82+,83-,84+,85?,86?,87?,88?,94-,95+,96+,97+,98+/m0/s1. The number of benzene rings is 9. The maximum Gasteiger partial charge on any atom is 0.338 e. The molecule has 0 amide bonds. The van der Waals surface area contributed by atoms with E-state index in [0.29, 0.717) is 22.3 Å². The molecule has 696 valence electrons. The van der Waals surface area contributed by atoms with Crippen LogP contribution in [0.5, 0.6) is 0 Å². The fraction of sp³-hybridized carbons (Fsp3) is 0.398. The van der Waals surface area contributed by atoms with Crippen LogP contribution >= 0.6 is 0 Å². The Hall–Kier alpha value is -12.4. The zero-order valence-electron chi connectivity index (χ0n) is 73.4. The van der Waals surface area contributed by atoms with Crippen LogP contribution in [0, 0.1) is 5.92 Å². The number of rotatable bonds is 41. The number of azide groups is 3. The van der Waals surface area contributed by atoms with Crippen molar-refractivity contribution >= 4 is 29.8 Å². The molecule has 0 N–H and O–H groups in total. The number of carbonyl (C=O) groups is 5. The van der Waals surface area contributed by atoms with Crippen LogP contribution in [0.3, 0.4) is 0 Å². The third-order valence-corrected chi connectivity index (χ3v) is 23.2. The minimum absolute atomic E-state index is 0.0236. The average molecular weight is 1820 g/mol. The van der Waals surface area contributed by atoms with Gasteiger partial charge in [0, 0.05) is 21.8 Å². The highest BCUT2D eigenvalue weighted by Crippen LogP contribution is 2.44. The van der Waals surface area contributed by atoms with Crippen LogP contribution in [0.4, 0.5) is 0 Å². The maximum absolute atomic E-state index is 15.2.